The van der Waals surface area contributed by atoms with Gasteiger partial charge in [-0.1, -0.05) is 71.9 Å². The molecule has 0 fully saturated rings. The van der Waals surface area contributed by atoms with E-state index in [0.717, 1.165) is 23.1 Å². The summed E-state index contributed by atoms with van der Waals surface area (Å²) < 4.78 is 10.6. The van der Waals surface area contributed by atoms with Crippen LogP contribution in [0.3, 0.4) is 0 Å². The van der Waals surface area contributed by atoms with Gasteiger partial charge in [-0.3, -0.25) is 4.79 Å². The molecule has 0 saturated heterocycles. The molecule has 1 heterocycles. The lowest BCUT2D eigenvalue weighted by Gasteiger charge is -2.07. The van der Waals surface area contributed by atoms with Crippen LogP contribution in [0.2, 0.25) is 0 Å². The molecule has 1 aliphatic carbocycles. The first-order valence-corrected chi connectivity index (χ1v) is 10.0. The Morgan fingerprint density at radius 1 is 0.935 bits per heavy atom. The Morgan fingerprint density at radius 2 is 1.68 bits per heavy atom. The highest BCUT2D eigenvalue weighted by atomic mass is 16.5. The van der Waals surface area contributed by atoms with E-state index < -0.39 is 5.97 Å². The molecule has 0 N–H and O–H groups in total. The van der Waals surface area contributed by atoms with E-state index in [2.05, 4.69) is 17.3 Å². The molecule has 0 aliphatic heterocycles. The van der Waals surface area contributed by atoms with Crippen molar-refractivity contribution in [1.29, 1.82) is 0 Å². The van der Waals surface area contributed by atoms with Crippen molar-refractivity contribution >= 4 is 11.8 Å². The lowest BCUT2D eigenvalue weighted by molar-refractivity contribution is 0.0473. The molecule has 0 spiro atoms. The molecular formula is C26H19NO4. The summed E-state index contributed by atoms with van der Waals surface area (Å²) in [5.41, 5.74) is 6.58. The third kappa shape index (κ3) is 3.44. The van der Waals surface area contributed by atoms with Crippen LogP contribution in [-0.4, -0.2) is 23.5 Å². The molecule has 0 bridgehead atoms. The predicted octanol–water partition coefficient (Wildman–Crippen LogP) is 5.26. The van der Waals surface area contributed by atoms with Crippen LogP contribution >= 0.6 is 0 Å². The third-order valence-electron chi connectivity index (χ3n) is 5.57. The van der Waals surface area contributed by atoms with Gasteiger partial charge in [0, 0.05) is 11.1 Å². The van der Waals surface area contributed by atoms with Crippen LogP contribution in [0.4, 0.5) is 0 Å². The highest BCUT2D eigenvalue weighted by Crippen LogP contribution is 2.37. The van der Waals surface area contributed by atoms with Gasteiger partial charge in [-0.25, -0.2) is 4.79 Å². The molecule has 3 aromatic carbocycles. The summed E-state index contributed by atoms with van der Waals surface area (Å²) in [6, 6.07) is 23.1. The smallest absolute Gasteiger partial charge is 0.344 e. The summed E-state index contributed by atoms with van der Waals surface area (Å²) in [6.07, 6.45) is 0.865. The fourth-order valence-corrected chi connectivity index (χ4v) is 3.99. The quantitative estimate of drug-likeness (QED) is 0.292. The van der Waals surface area contributed by atoms with E-state index in [9.17, 15) is 9.59 Å². The Hall–Kier alpha value is -3.99. The number of carbonyl (C=O) groups is 2. The first-order chi connectivity index (χ1) is 15.1. The number of esters is 1. The molecule has 1 aliphatic rings. The molecule has 5 rings (SSSR count). The van der Waals surface area contributed by atoms with Crippen LogP contribution < -0.4 is 0 Å². The number of hydrogen-bond acceptors (Lipinski definition) is 5. The number of rotatable bonds is 5. The summed E-state index contributed by atoms with van der Waals surface area (Å²) >= 11 is 0. The lowest BCUT2D eigenvalue weighted by Crippen LogP contribution is -2.15. The van der Waals surface area contributed by atoms with Crippen molar-refractivity contribution < 1.29 is 18.8 Å². The fraction of sp³-hybridized carbons (Fsp3) is 0.115. The van der Waals surface area contributed by atoms with Gasteiger partial charge in [-0.2, -0.15) is 0 Å². The number of ether oxygens (including phenoxy) is 1. The van der Waals surface area contributed by atoms with Crippen molar-refractivity contribution in [2.24, 2.45) is 0 Å². The Kier molecular flexibility index (Phi) is 4.71. The zero-order chi connectivity index (χ0) is 21.4. The van der Waals surface area contributed by atoms with Gasteiger partial charge in [0.2, 0.25) is 0 Å². The van der Waals surface area contributed by atoms with Crippen molar-refractivity contribution in [3.8, 4) is 22.4 Å². The normalized spacial score (nSPS) is 11.6. The fourth-order valence-electron chi connectivity index (χ4n) is 3.99. The Bertz CT molecular complexity index is 1300. The van der Waals surface area contributed by atoms with Crippen molar-refractivity contribution in [1.82, 2.24) is 5.16 Å². The van der Waals surface area contributed by atoms with Crippen molar-refractivity contribution in [2.45, 2.75) is 13.3 Å². The van der Waals surface area contributed by atoms with Crippen molar-refractivity contribution in [3.63, 3.8) is 0 Å². The van der Waals surface area contributed by atoms with E-state index >= 15 is 0 Å². The van der Waals surface area contributed by atoms with Crippen LogP contribution in [0, 0.1) is 6.92 Å². The Balaban J connectivity index is 1.34. The number of aryl methyl sites for hydroxylation is 1. The van der Waals surface area contributed by atoms with E-state index in [1.165, 1.54) is 11.1 Å². The average molecular weight is 409 g/mol. The van der Waals surface area contributed by atoms with Gasteiger partial charge >= 0.3 is 5.97 Å². The van der Waals surface area contributed by atoms with Crippen LogP contribution in [0.15, 0.2) is 77.3 Å². The number of fused-ring (bicyclic) bond motifs is 3. The van der Waals surface area contributed by atoms with E-state index in [0.29, 0.717) is 17.0 Å². The maximum Gasteiger partial charge on any atom is 0.344 e. The van der Waals surface area contributed by atoms with E-state index in [-0.39, 0.29) is 18.0 Å². The summed E-state index contributed by atoms with van der Waals surface area (Å²) in [4.78, 5) is 25.5. The molecule has 5 nitrogen and oxygen atoms in total. The Labute approximate surface area is 179 Å². The molecule has 1 aromatic heterocycles. The topological polar surface area (TPSA) is 69.4 Å². The van der Waals surface area contributed by atoms with Gasteiger partial charge in [0.25, 0.3) is 0 Å². The monoisotopic (exact) mass is 409 g/mol. The van der Waals surface area contributed by atoms with Crippen molar-refractivity contribution in [3.05, 3.63) is 101 Å². The summed E-state index contributed by atoms with van der Waals surface area (Å²) in [5, 5.41) is 3.99. The molecular weight excluding hydrogens is 390 g/mol. The number of ketones is 1. The number of benzene rings is 3. The molecule has 5 heteroatoms. The second kappa shape index (κ2) is 7.69. The first-order valence-electron chi connectivity index (χ1n) is 10.0. The van der Waals surface area contributed by atoms with Gasteiger partial charge in [-0.15, -0.1) is 0 Å². The second-order valence-electron chi connectivity index (χ2n) is 7.53. The number of carbonyl (C=O) groups excluding carboxylic acids is 2. The maximum absolute atomic E-state index is 12.8. The molecule has 0 atom stereocenters. The van der Waals surface area contributed by atoms with E-state index in [1.54, 1.807) is 13.0 Å². The van der Waals surface area contributed by atoms with Gasteiger partial charge in [0.15, 0.2) is 12.4 Å². The van der Waals surface area contributed by atoms with E-state index in [1.807, 2.05) is 54.6 Å². The highest BCUT2D eigenvalue weighted by Gasteiger charge is 2.24. The minimum Gasteiger partial charge on any atom is -0.454 e. The van der Waals surface area contributed by atoms with Gasteiger partial charge in [0.05, 0.1) is 0 Å². The molecule has 0 saturated carbocycles. The van der Waals surface area contributed by atoms with Crippen LogP contribution in [0.5, 0.6) is 0 Å². The average Bonchev–Trinajstić information content (AvgIpc) is 3.37. The molecule has 4 aromatic rings. The van der Waals surface area contributed by atoms with E-state index in [4.69, 9.17) is 9.26 Å². The number of nitrogens with zero attached hydrogens (tertiary/aromatic N) is 1. The minimum absolute atomic E-state index is 0.238. The van der Waals surface area contributed by atoms with Gasteiger partial charge in [-0.05, 0) is 41.7 Å². The summed E-state index contributed by atoms with van der Waals surface area (Å²) in [7, 11) is 0. The molecule has 0 amide bonds. The molecule has 0 unspecified atom stereocenters. The van der Waals surface area contributed by atoms with Crippen LogP contribution in [0.25, 0.3) is 22.4 Å². The predicted molar refractivity (Wildman–Crippen MR) is 116 cm³/mol. The summed E-state index contributed by atoms with van der Waals surface area (Å²) in [6.45, 7) is 1.30. The third-order valence-corrected chi connectivity index (χ3v) is 5.57. The first kappa shape index (κ1) is 19.0. The maximum atomic E-state index is 12.8. The zero-order valence-electron chi connectivity index (χ0n) is 16.9. The number of Topliss-reactive ketones (excluding diaryl/α,β-unsaturated/α-hetero) is 1. The van der Waals surface area contributed by atoms with Crippen LogP contribution in [0.1, 0.15) is 37.6 Å². The standard InChI is InChI=1S/C26H19NO4/c1-16-24(25(27-31-16)17-7-3-2-4-8-17)26(29)30-15-23(28)20-12-11-19-13-18-9-5-6-10-21(18)22(19)14-20/h2-12,14H,13,15H2,1H3. The van der Waals surface area contributed by atoms with Crippen LogP contribution in [-0.2, 0) is 11.2 Å². The highest BCUT2D eigenvalue weighted by molar-refractivity contribution is 6.02. The minimum atomic E-state index is -0.627. The number of aromatic nitrogens is 1. The van der Waals surface area contributed by atoms with Gasteiger partial charge in [0.1, 0.15) is 17.0 Å². The number of hydrogen-bond donors (Lipinski definition) is 0. The molecule has 0 radical (unpaired) electrons. The zero-order valence-corrected chi connectivity index (χ0v) is 16.9. The lowest BCUT2D eigenvalue weighted by atomic mass is 10.0. The largest absolute Gasteiger partial charge is 0.454 e. The molecule has 152 valence electrons. The van der Waals surface area contributed by atoms with Crippen molar-refractivity contribution in [2.75, 3.05) is 6.61 Å². The SMILES string of the molecule is Cc1onc(-c2ccccc2)c1C(=O)OCC(=O)c1ccc2c(c1)-c1ccccc1C2. The van der Waals surface area contributed by atoms with Gasteiger partial charge < -0.3 is 9.26 Å². The Morgan fingerprint density at radius 3 is 2.52 bits per heavy atom. The second-order valence-corrected chi connectivity index (χ2v) is 7.53. The molecule has 31 heavy (non-hydrogen) atoms. The summed E-state index contributed by atoms with van der Waals surface area (Å²) in [5.74, 6) is -0.529.